The molecular weight excluding hydrogens is 351 g/mol. The van der Waals surface area contributed by atoms with Crippen molar-refractivity contribution >= 4 is 56.0 Å². The number of hydrogen-bond donors (Lipinski definition) is 0. The zero-order chi connectivity index (χ0) is 14.3. The lowest BCUT2D eigenvalue weighted by atomic mass is 10.2. The van der Waals surface area contributed by atoms with Crippen LogP contribution >= 0.6 is 28.3 Å². The van der Waals surface area contributed by atoms with Gasteiger partial charge in [0.15, 0.2) is 23.7 Å². The fourth-order valence-corrected chi connectivity index (χ4v) is 2.70. The number of carbonyl (C=O) groups excluding carboxylic acids is 1. The van der Waals surface area contributed by atoms with Gasteiger partial charge in [0.05, 0.1) is 5.33 Å². The van der Waals surface area contributed by atoms with E-state index in [2.05, 4.69) is 20.9 Å². The highest BCUT2D eigenvalue weighted by Crippen LogP contribution is 2.28. The molecule has 0 unspecified atom stereocenters. The largest absolute Gasteiger partial charge is 0.421 e. The molecular formula is C12H6BrFN2O3S. The predicted octanol–water partition coefficient (Wildman–Crippen LogP) is 3.10. The normalized spacial score (nSPS) is 11.3. The summed E-state index contributed by atoms with van der Waals surface area (Å²) >= 11 is 2.83. The third kappa shape index (κ3) is 1.87. The van der Waals surface area contributed by atoms with Crippen molar-refractivity contribution in [1.29, 1.82) is 0 Å². The molecule has 3 aromatic rings. The number of Topliss-reactive ketones (excluding diaryl/α,β-unsaturated/α-hetero) is 1. The summed E-state index contributed by atoms with van der Waals surface area (Å²) in [7, 11) is 0. The van der Waals surface area contributed by atoms with Crippen molar-refractivity contribution in [2.75, 3.05) is 5.33 Å². The van der Waals surface area contributed by atoms with Crippen LogP contribution in [-0.2, 0) is 0 Å². The number of rotatable bonds is 3. The number of fused-ring (bicyclic) bond motifs is 3. The number of benzene rings is 1. The number of alkyl halides is 1. The molecule has 5 nitrogen and oxygen atoms in total. The topological polar surface area (TPSA) is 65.1 Å². The molecule has 1 aromatic carbocycles. The van der Waals surface area contributed by atoms with Crippen LogP contribution in [0.5, 0.6) is 0 Å². The predicted molar refractivity (Wildman–Crippen MR) is 78.0 cm³/mol. The second-order valence-electron chi connectivity index (χ2n) is 3.94. The summed E-state index contributed by atoms with van der Waals surface area (Å²) in [6, 6.07) is 6.71. The van der Waals surface area contributed by atoms with Gasteiger partial charge in [-0.25, -0.2) is 13.8 Å². The van der Waals surface area contributed by atoms with E-state index in [0.717, 1.165) is 3.97 Å². The Morgan fingerprint density at radius 2 is 2.20 bits per heavy atom. The Balaban J connectivity index is 2.54. The smallest absolute Gasteiger partial charge is 0.364 e. The van der Waals surface area contributed by atoms with Gasteiger partial charge >= 0.3 is 5.63 Å². The van der Waals surface area contributed by atoms with Gasteiger partial charge in [-0.15, -0.1) is 3.89 Å². The molecule has 0 atom stereocenters. The van der Waals surface area contributed by atoms with Gasteiger partial charge in [-0.2, -0.15) is 0 Å². The maximum absolute atomic E-state index is 13.2. The molecule has 0 aliphatic heterocycles. The second-order valence-corrected chi connectivity index (χ2v) is 5.00. The van der Waals surface area contributed by atoms with Crippen LogP contribution in [0.25, 0.3) is 22.0 Å². The van der Waals surface area contributed by atoms with E-state index in [1.165, 1.54) is 0 Å². The van der Waals surface area contributed by atoms with Gasteiger partial charge in [-0.05, 0) is 12.1 Å². The Kier molecular flexibility index (Phi) is 3.35. The van der Waals surface area contributed by atoms with Crippen LogP contribution in [0.4, 0.5) is 3.89 Å². The molecule has 0 N–H and O–H groups in total. The number of carbonyl (C=O) groups is 1. The first kappa shape index (κ1) is 13.3. The highest BCUT2D eigenvalue weighted by molar-refractivity contribution is 9.09. The van der Waals surface area contributed by atoms with Crippen molar-refractivity contribution in [2.45, 2.75) is 0 Å². The molecule has 0 saturated carbocycles. The van der Waals surface area contributed by atoms with Gasteiger partial charge in [0.2, 0.25) is 5.78 Å². The maximum Gasteiger partial charge on any atom is 0.364 e. The van der Waals surface area contributed by atoms with Crippen molar-refractivity contribution in [3.63, 3.8) is 0 Å². The Labute approximate surface area is 124 Å². The van der Waals surface area contributed by atoms with E-state index in [1.54, 1.807) is 24.3 Å². The van der Waals surface area contributed by atoms with Gasteiger partial charge in [-0.3, -0.25) is 4.79 Å². The molecule has 102 valence electrons. The van der Waals surface area contributed by atoms with E-state index in [0.29, 0.717) is 11.0 Å². The highest BCUT2D eigenvalue weighted by atomic mass is 79.9. The first-order valence-electron chi connectivity index (χ1n) is 5.50. The third-order valence-corrected chi connectivity index (χ3v) is 3.82. The van der Waals surface area contributed by atoms with Crippen LogP contribution in [-0.4, -0.2) is 20.1 Å². The Morgan fingerprint density at radius 3 is 2.90 bits per heavy atom. The fourth-order valence-electron chi connectivity index (χ4n) is 1.99. The van der Waals surface area contributed by atoms with Gasteiger partial charge in [0.1, 0.15) is 11.1 Å². The first-order chi connectivity index (χ1) is 9.67. The van der Waals surface area contributed by atoms with Crippen LogP contribution in [0.15, 0.2) is 33.5 Å². The van der Waals surface area contributed by atoms with E-state index >= 15 is 0 Å². The molecule has 2 heterocycles. The molecule has 0 fully saturated rings. The minimum absolute atomic E-state index is 0.0137. The minimum atomic E-state index is -0.699. The molecule has 0 bridgehead atoms. The molecule has 3 rings (SSSR count). The molecule has 8 heteroatoms. The Hall–Kier alpha value is -1.67. The lowest BCUT2D eigenvalue weighted by molar-refractivity contribution is 0.101. The van der Waals surface area contributed by atoms with E-state index in [-0.39, 0.29) is 34.5 Å². The monoisotopic (exact) mass is 356 g/mol. The standard InChI is InChI=1S/C12H6BrFN2O3S/c13-5-7(17)11-15-9-10(16(11)20-14)6-3-1-2-4-8(6)19-12(9)18/h1-4H,5H2. The van der Waals surface area contributed by atoms with E-state index < -0.39 is 11.4 Å². The lowest BCUT2D eigenvalue weighted by Gasteiger charge is -2.01. The maximum atomic E-state index is 13.2. The molecule has 0 radical (unpaired) electrons. The van der Waals surface area contributed by atoms with Crippen LogP contribution < -0.4 is 5.63 Å². The zero-order valence-corrected chi connectivity index (χ0v) is 12.2. The number of ketones is 1. The first-order valence-corrected chi connectivity index (χ1v) is 7.29. The molecule has 0 aliphatic carbocycles. The Bertz CT molecular complexity index is 889. The van der Waals surface area contributed by atoms with Crippen molar-refractivity contribution in [1.82, 2.24) is 8.96 Å². The average molecular weight is 357 g/mol. The fraction of sp³-hybridized carbons (Fsp3) is 0.0833. The summed E-state index contributed by atoms with van der Waals surface area (Å²) in [6.45, 7) is 0. The highest BCUT2D eigenvalue weighted by Gasteiger charge is 2.22. The van der Waals surface area contributed by atoms with Crippen LogP contribution in [0.1, 0.15) is 10.6 Å². The van der Waals surface area contributed by atoms with Gasteiger partial charge < -0.3 is 4.42 Å². The number of hydrogen-bond acceptors (Lipinski definition) is 5. The summed E-state index contributed by atoms with van der Waals surface area (Å²) in [6.07, 6.45) is 0. The lowest BCUT2D eigenvalue weighted by Crippen LogP contribution is -2.06. The van der Waals surface area contributed by atoms with Crippen molar-refractivity contribution in [3.05, 3.63) is 40.5 Å². The number of aromatic nitrogens is 2. The Morgan fingerprint density at radius 1 is 1.45 bits per heavy atom. The van der Waals surface area contributed by atoms with Crippen LogP contribution in [0.2, 0.25) is 0 Å². The number of para-hydroxylation sites is 1. The molecule has 0 saturated heterocycles. The van der Waals surface area contributed by atoms with Gasteiger partial charge in [0.25, 0.3) is 0 Å². The van der Waals surface area contributed by atoms with Crippen LogP contribution in [0.3, 0.4) is 0 Å². The number of nitrogens with zero attached hydrogens (tertiary/aromatic N) is 2. The summed E-state index contributed by atoms with van der Waals surface area (Å²) < 4.78 is 19.4. The minimum Gasteiger partial charge on any atom is -0.421 e. The molecule has 0 aliphatic rings. The van der Waals surface area contributed by atoms with Gasteiger partial charge in [0, 0.05) is 5.39 Å². The molecule has 2 aromatic heterocycles. The van der Waals surface area contributed by atoms with E-state index in [1.807, 2.05) is 0 Å². The zero-order valence-electron chi connectivity index (χ0n) is 9.80. The summed E-state index contributed by atoms with van der Waals surface area (Å²) in [4.78, 5) is 27.6. The third-order valence-electron chi connectivity index (χ3n) is 2.82. The van der Waals surface area contributed by atoms with Gasteiger partial charge in [-0.1, -0.05) is 28.1 Å². The van der Waals surface area contributed by atoms with E-state index in [9.17, 15) is 13.5 Å². The van der Waals surface area contributed by atoms with Crippen molar-refractivity contribution in [3.8, 4) is 0 Å². The summed E-state index contributed by atoms with van der Waals surface area (Å²) in [5.74, 6) is -0.553. The summed E-state index contributed by atoms with van der Waals surface area (Å²) in [5, 5.41) is 0.508. The molecule has 0 spiro atoms. The van der Waals surface area contributed by atoms with Crippen molar-refractivity contribution < 1.29 is 13.1 Å². The molecule has 20 heavy (non-hydrogen) atoms. The number of halogens is 2. The summed E-state index contributed by atoms with van der Waals surface area (Å²) in [5.41, 5.74) is -0.194. The SMILES string of the molecule is O=C(CBr)c1nc2c(=O)oc3ccccc3c2n1SF. The van der Waals surface area contributed by atoms with Crippen molar-refractivity contribution in [2.24, 2.45) is 0 Å². The molecule has 0 amide bonds. The second kappa shape index (κ2) is 5.02. The van der Waals surface area contributed by atoms with E-state index in [4.69, 9.17) is 4.42 Å². The van der Waals surface area contributed by atoms with Crippen LogP contribution in [0, 0.1) is 0 Å². The quantitative estimate of drug-likeness (QED) is 0.409. The number of imidazole rings is 1. The average Bonchev–Trinajstić information content (AvgIpc) is 2.87.